The third kappa shape index (κ3) is 1.50. The Balaban J connectivity index is 2.04. The molecule has 1 aliphatic heterocycles. The van der Waals surface area contributed by atoms with Crippen molar-refractivity contribution in [2.24, 2.45) is 0 Å². The first-order valence-corrected chi connectivity index (χ1v) is 5.52. The van der Waals surface area contributed by atoms with Crippen LogP contribution in [-0.4, -0.2) is 39.5 Å². The highest BCUT2D eigenvalue weighted by atomic mass is 16.5. The van der Waals surface area contributed by atoms with E-state index in [9.17, 15) is 4.79 Å². The number of hydrogen-bond acceptors (Lipinski definition) is 4. The Morgan fingerprint density at radius 3 is 2.56 bits per heavy atom. The predicted octanol–water partition coefficient (Wildman–Crippen LogP) is 0.819. The molecule has 0 radical (unpaired) electrons. The smallest absolute Gasteiger partial charge is 0.373 e. The number of aromatic nitrogens is 3. The van der Waals surface area contributed by atoms with Gasteiger partial charge in [0.05, 0.1) is 13.2 Å². The van der Waals surface area contributed by atoms with Crippen molar-refractivity contribution >= 4 is 5.97 Å². The van der Waals surface area contributed by atoms with E-state index < -0.39 is 11.4 Å². The van der Waals surface area contributed by atoms with Gasteiger partial charge in [-0.05, 0) is 5.56 Å². The minimum absolute atomic E-state index is 0.146. The van der Waals surface area contributed by atoms with Crippen LogP contribution in [-0.2, 0) is 10.2 Å². The monoisotopic (exact) mass is 245 g/mol. The average Bonchev–Trinajstić information content (AvgIpc) is 2.79. The SMILES string of the molecule is O=C(O)c1nc(C2(c3ccccc3)COC2)n[nH]1. The number of rotatable bonds is 3. The number of nitrogens with zero attached hydrogens (tertiary/aromatic N) is 2. The van der Waals surface area contributed by atoms with E-state index >= 15 is 0 Å². The van der Waals surface area contributed by atoms with E-state index in [-0.39, 0.29) is 5.82 Å². The molecule has 3 rings (SSSR count). The third-order valence-electron chi connectivity index (χ3n) is 3.14. The molecular formula is C12H11N3O3. The Bertz CT molecular complexity index is 575. The fourth-order valence-corrected chi connectivity index (χ4v) is 2.06. The van der Waals surface area contributed by atoms with Gasteiger partial charge in [0.1, 0.15) is 5.41 Å². The topological polar surface area (TPSA) is 88.1 Å². The van der Waals surface area contributed by atoms with Crippen molar-refractivity contribution in [1.29, 1.82) is 0 Å². The molecule has 0 saturated carbocycles. The van der Waals surface area contributed by atoms with Gasteiger partial charge in [-0.1, -0.05) is 30.3 Å². The molecule has 0 spiro atoms. The Kier molecular flexibility index (Phi) is 2.38. The van der Waals surface area contributed by atoms with Crippen LogP contribution in [0.4, 0.5) is 0 Å². The number of aromatic amines is 1. The molecule has 1 aromatic carbocycles. The summed E-state index contributed by atoms with van der Waals surface area (Å²) in [5.74, 6) is -0.790. The maximum Gasteiger partial charge on any atom is 0.373 e. The van der Waals surface area contributed by atoms with E-state index in [4.69, 9.17) is 9.84 Å². The van der Waals surface area contributed by atoms with Crippen LogP contribution in [0.1, 0.15) is 22.0 Å². The van der Waals surface area contributed by atoms with Crippen LogP contribution >= 0.6 is 0 Å². The maximum absolute atomic E-state index is 10.8. The minimum atomic E-state index is -1.11. The molecule has 0 aliphatic carbocycles. The zero-order valence-electron chi connectivity index (χ0n) is 9.46. The van der Waals surface area contributed by atoms with Gasteiger partial charge in [-0.3, -0.25) is 5.10 Å². The molecule has 1 saturated heterocycles. The van der Waals surface area contributed by atoms with Crippen molar-refractivity contribution in [2.75, 3.05) is 13.2 Å². The Hall–Kier alpha value is -2.21. The molecule has 2 N–H and O–H groups in total. The summed E-state index contributed by atoms with van der Waals surface area (Å²) in [4.78, 5) is 14.9. The van der Waals surface area contributed by atoms with Crippen LogP contribution in [0.15, 0.2) is 30.3 Å². The van der Waals surface area contributed by atoms with E-state index in [2.05, 4.69) is 15.2 Å². The minimum Gasteiger partial charge on any atom is -0.475 e. The highest BCUT2D eigenvalue weighted by Crippen LogP contribution is 2.36. The van der Waals surface area contributed by atoms with Crippen LogP contribution in [0.25, 0.3) is 0 Å². The number of aromatic carboxylic acids is 1. The van der Waals surface area contributed by atoms with Gasteiger partial charge in [-0.25, -0.2) is 9.78 Å². The normalized spacial score (nSPS) is 17.1. The first kappa shape index (κ1) is 10.9. The molecule has 1 aliphatic rings. The van der Waals surface area contributed by atoms with Gasteiger partial charge in [0, 0.05) is 0 Å². The summed E-state index contributed by atoms with van der Waals surface area (Å²) in [6, 6.07) is 9.73. The van der Waals surface area contributed by atoms with E-state index in [0.717, 1.165) is 5.56 Å². The predicted molar refractivity (Wildman–Crippen MR) is 61.4 cm³/mol. The van der Waals surface area contributed by atoms with Crippen LogP contribution in [0.5, 0.6) is 0 Å². The lowest BCUT2D eigenvalue weighted by Gasteiger charge is -2.39. The third-order valence-corrected chi connectivity index (χ3v) is 3.14. The van der Waals surface area contributed by atoms with Crippen molar-refractivity contribution in [3.63, 3.8) is 0 Å². The Labute approximate surface area is 103 Å². The van der Waals surface area contributed by atoms with Gasteiger partial charge < -0.3 is 9.84 Å². The molecule has 6 heteroatoms. The Morgan fingerprint density at radius 1 is 1.33 bits per heavy atom. The van der Waals surface area contributed by atoms with Crippen LogP contribution in [0.2, 0.25) is 0 Å². The number of ether oxygens (including phenoxy) is 1. The molecular weight excluding hydrogens is 234 g/mol. The van der Waals surface area contributed by atoms with Gasteiger partial charge in [0.25, 0.3) is 0 Å². The molecule has 1 aromatic heterocycles. The number of carboxylic acid groups (broad SMARTS) is 1. The number of carbonyl (C=O) groups is 1. The van der Waals surface area contributed by atoms with E-state index in [1.54, 1.807) is 0 Å². The molecule has 0 amide bonds. The van der Waals surface area contributed by atoms with Gasteiger partial charge in [-0.15, -0.1) is 0 Å². The zero-order chi connectivity index (χ0) is 12.6. The molecule has 1 fully saturated rings. The molecule has 18 heavy (non-hydrogen) atoms. The second-order valence-corrected chi connectivity index (χ2v) is 4.25. The van der Waals surface area contributed by atoms with Crippen LogP contribution in [0, 0.1) is 0 Å². The number of nitrogens with one attached hydrogen (secondary N) is 1. The first-order valence-electron chi connectivity index (χ1n) is 5.52. The van der Waals surface area contributed by atoms with E-state index in [0.29, 0.717) is 19.0 Å². The summed E-state index contributed by atoms with van der Waals surface area (Å²) in [6.45, 7) is 0.932. The van der Waals surface area contributed by atoms with Gasteiger partial charge in [-0.2, -0.15) is 5.10 Å². The molecule has 0 unspecified atom stereocenters. The fourth-order valence-electron chi connectivity index (χ4n) is 2.06. The van der Waals surface area contributed by atoms with Crippen LogP contribution in [0.3, 0.4) is 0 Å². The van der Waals surface area contributed by atoms with E-state index in [1.807, 2.05) is 30.3 Å². The summed E-state index contributed by atoms with van der Waals surface area (Å²) < 4.78 is 5.28. The van der Waals surface area contributed by atoms with Crippen molar-refractivity contribution in [3.05, 3.63) is 47.5 Å². The van der Waals surface area contributed by atoms with Crippen molar-refractivity contribution in [1.82, 2.24) is 15.2 Å². The van der Waals surface area contributed by atoms with Crippen molar-refractivity contribution < 1.29 is 14.6 Å². The number of H-pyrrole nitrogens is 1. The summed E-state index contributed by atoms with van der Waals surface area (Å²) in [5, 5.41) is 15.3. The first-order chi connectivity index (χ1) is 8.72. The molecule has 2 heterocycles. The summed E-state index contributed by atoms with van der Waals surface area (Å²) >= 11 is 0. The highest BCUT2D eigenvalue weighted by Gasteiger charge is 2.45. The lowest BCUT2D eigenvalue weighted by Crippen LogP contribution is -2.48. The molecule has 2 aromatic rings. The average molecular weight is 245 g/mol. The number of carboxylic acids is 1. The summed E-state index contributed by atoms with van der Waals surface area (Å²) in [6.07, 6.45) is 0. The van der Waals surface area contributed by atoms with Gasteiger partial charge >= 0.3 is 5.97 Å². The highest BCUT2D eigenvalue weighted by molar-refractivity contribution is 5.82. The van der Waals surface area contributed by atoms with Crippen molar-refractivity contribution in [3.8, 4) is 0 Å². The van der Waals surface area contributed by atoms with E-state index in [1.165, 1.54) is 0 Å². The molecule has 0 bridgehead atoms. The lowest BCUT2D eigenvalue weighted by molar-refractivity contribution is -0.0420. The number of hydrogen-bond donors (Lipinski definition) is 2. The lowest BCUT2D eigenvalue weighted by atomic mass is 9.78. The van der Waals surface area contributed by atoms with Crippen molar-refractivity contribution in [2.45, 2.75) is 5.41 Å². The second kappa shape index (κ2) is 3.92. The zero-order valence-corrected chi connectivity index (χ0v) is 9.46. The molecule has 6 nitrogen and oxygen atoms in total. The van der Waals surface area contributed by atoms with Crippen LogP contribution < -0.4 is 0 Å². The molecule has 92 valence electrons. The standard InChI is InChI=1S/C12H11N3O3/c16-10(17)9-13-11(15-14-9)12(6-18-7-12)8-4-2-1-3-5-8/h1-5H,6-7H2,(H,16,17)(H,13,14,15). The second-order valence-electron chi connectivity index (χ2n) is 4.25. The Morgan fingerprint density at radius 2 is 2.06 bits per heavy atom. The maximum atomic E-state index is 10.8. The summed E-state index contributed by atoms with van der Waals surface area (Å²) in [5.41, 5.74) is 0.609. The largest absolute Gasteiger partial charge is 0.475 e. The summed E-state index contributed by atoms with van der Waals surface area (Å²) in [7, 11) is 0. The van der Waals surface area contributed by atoms with Gasteiger partial charge in [0.2, 0.25) is 5.82 Å². The fraction of sp³-hybridized carbons (Fsp3) is 0.250. The quantitative estimate of drug-likeness (QED) is 0.835. The number of benzene rings is 1. The molecule has 0 atom stereocenters. The van der Waals surface area contributed by atoms with Gasteiger partial charge in [0.15, 0.2) is 5.82 Å².